The Morgan fingerprint density at radius 3 is 1.82 bits per heavy atom. The van der Waals surface area contributed by atoms with E-state index in [4.69, 9.17) is 0 Å². The Morgan fingerprint density at radius 2 is 1.29 bits per heavy atom. The Bertz CT molecular complexity index is 514. The van der Waals surface area contributed by atoms with Gasteiger partial charge in [0.05, 0.1) is 0 Å². The van der Waals surface area contributed by atoms with Gasteiger partial charge in [-0.05, 0) is 24.3 Å². The van der Waals surface area contributed by atoms with Crippen molar-refractivity contribution in [3.63, 3.8) is 0 Å². The molecule has 1 N–H and O–H groups in total. The highest BCUT2D eigenvalue weighted by atomic mass is 19.1. The Labute approximate surface area is 94.7 Å². The molecule has 0 amide bonds. The third-order valence-corrected chi connectivity index (χ3v) is 2.09. The zero-order chi connectivity index (χ0) is 12.4. The van der Waals surface area contributed by atoms with Crippen LogP contribution < -0.4 is 5.32 Å². The highest BCUT2D eigenvalue weighted by molar-refractivity contribution is 5.60. The monoisotopic (exact) mass is 241 g/mol. The van der Waals surface area contributed by atoms with Gasteiger partial charge in [-0.2, -0.15) is 0 Å². The topological polar surface area (TPSA) is 12.0 Å². The molecule has 88 valence electrons. The van der Waals surface area contributed by atoms with Gasteiger partial charge in [-0.15, -0.1) is 0 Å². The fourth-order valence-corrected chi connectivity index (χ4v) is 1.39. The van der Waals surface area contributed by atoms with Crippen molar-refractivity contribution in [2.45, 2.75) is 0 Å². The summed E-state index contributed by atoms with van der Waals surface area (Å²) in [6.45, 7) is 0. The summed E-state index contributed by atoms with van der Waals surface area (Å²) < 4.78 is 52.2. The van der Waals surface area contributed by atoms with Gasteiger partial charge in [-0.1, -0.05) is 6.07 Å². The minimum absolute atomic E-state index is 0.0634. The molecule has 0 saturated heterocycles. The second-order valence-electron chi connectivity index (χ2n) is 3.38. The summed E-state index contributed by atoms with van der Waals surface area (Å²) in [5.74, 6) is -3.34. The lowest BCUT2D eigenvalue weighted by molar-refractivity contribution is 0.581. The van der Waals surface area contributed by atoms with E-state index >= 15 is 0 Å². The molecule has 0 unspecified atom stereocenters. The van der Waals surface area contributed by atoms with Gasteiger partial charge in [-0.3, -0.25) is 0 Å². The van der Waals surface area contributed by atoms with Gasteiger partial charge in [0.2, 0.25) is 0 Å². The molecule has 0 heterocycles. The summed E-state index contributed by atoms with van der Waals surface area (Å²) in [6.07, 6.45) is 0. The summed E-state index contributed by atoms with van der Waals surface area (Å²) in [5.41, 5.74) is -0.510. The van der Waals surface area contributed by atoms with Gasteiger partial charge >= 0.3 is 0 Å². The predicted octanol–water partition coefficient (Wildman–Crippen LogP) is 3.99. The molecule has 0 radical (unpaired) electrons. The van der Waals surface area contributed by atoms with E-state index in [1.165, 1.54) is 6.07 Å². The molecule has 0 aliphatic heterocycles. The largest absolute Gasteiger partial charge is 0.351 e. The van der Waals surface area contributed by atoms with Crippen LogP contribution in [0.5, 0.6) is 0 Å². The van der Waals surface area contributed by atoms with Gasteiger partial charge in [0.15, 0.2) is 0 Å². The molecule has 2 rings (SSSR count). The molecule has 0 atom stereocenters. The van der Waals surface area contributed by atoms with Crippen molar-refractivity contribution >= 4 is 11.4 Å². The Morgan fingerprint density at radius 1 is 0.765 bits per heavy atom. The van der Waals surface area contributed by atoms with Crippen LogP contribution in [-0.2, 0) is 0 Å². The third-order valence-electron chi connectivity index (χ3n) is 2.09. The summed E-state index contributed by atoms with van der Waals surface area (Å²) in [4.78, 5) is 0. The SMILES string of the molecule is Fc1cc(F)cc(Nc2c(F)cccc2F)c1. The van der Waals surface area contributed by atoms with Crippen LogP contribution in [0.4, 0.5) is 28.9 Å². The molecule has 0 aliphatic rings. The maximum atomic E-state index is 13.2. The average molecular weight is 241 g/mol. The third kappa shape index (κ3) is 2.55. The van der Waals surface area contributed by atoms with Crippen molar-refractivity contribution in [2.24, 2.45) is 0 Å². The van der Waals surface area contributed by atoms with Gasteiger partial charge in [0, 0.05) is 11.8 Å². The van der Waals surface area contributed by atoms with Crippen LogP contribution in [0.3, 0.4) is 0 Å². The lowest BCUT2D eigenvalue weighted by Crippen LogP contribution is -1.98. The van der Waals surface area contributed by atoms with E-state index < -0.39 is 29.0 Å². The van der Waals surface area contributed by atoms with E-state index in [-0.39, 0.29) is 5.69 Å². The van der Waals surface area contributed by atoms with Crippen molar-refractivity contribution in [3.8, 4) is 0 Å². The zero-order valence-corrected chi connectivity index (χ0v) is 8.48. The summed E-state index contributed by atoms with van der Waals surface area (Å²) in [6, 6.07) is 5.83. The Kier molecular flexibility index (Phi) is 2.99. The molecular weight excluding hydrogens is 234 g/mol. The fourth-order valence-electron chi connectivity index (χ4n) is 1.39. The van der Waals surface area contributed by atoms with Crippen LogP contribution in [0.2, 0.25) is 0 Å². The van der Waals surface area contributed by atoms with Gasteiger partial charge < -0.3 is 5.32 Å². The summed E-state index contributed by atoms with van der Waals surface area (Å²) in [5, 5.41) is 2.29. The number of anilines is 2. The predicted molar refractivity (Wildman–Crippen MR) is 56.0 cm³/mol. The van der Waals surface area contributed by atoms with Crippen LogP contribution in [0.1, 0.15) is 0 Å². The standard InChI is InChI=1S/C12H7F4N/c13-7-4-8(14)6-9(5-7)17-12-10(15)2-1-3-11(12)16/h1-6,17H. The fraction of sp³-hybridized carbons (Fsp3) is 0. The first kappa shape index (κ1) is 11.4. The first-order chi connectivity index (χ1) is 8.06. The molecular formula is C12H7F4N. The van der Waals surface area contributed by atoms with E-state index in [1.807, 2.05) is 0 Å². The van der Waals surface area contributed by atoms with Crippen molar-refractivity contribution in [2.75, 3.05) is 5.32 Å². The molecule has 2 aromatic carbocycles. The molecule has 1 nitrogen and oxygen atoms in total. The van der Waals surface area contributed by atoms with Crippen LogP contribution >= 0.6 is 0 Å². The van der Waals surface area contributed by atoms with Crippen molar-refractivity contribution in [3.05, 3.63) is 59.7 Å². The van der Waals surface area contributed by atoms with E-state index in [0.29, 0.717) is 6.07 Å². The highest BCUT2D eigenvalue weighted by Gasteiger charge is 2.09. The summed E-state index contributed by atoms with van der Waals surface area (Å²) in [7, 11) is 0. The minimum Gasteiger partial charge on any atom is -0.351 e. The first-order valence-electron chi connectivity index (χ1n) is 4.73. The van der Waals surface area contributed by atoms with E-state index in [9.17, 15) is 17.6 Å². The average Bonchev–Trinajstić information content (AvgIpc) is 2.22. The highest BCUT2D eigenvalue weighted by Crippen LogP contribution is 2.24. The molecule has 17 heavy (non-hydrogen) atoms. The second-order valence-corrected chi connectivity index (χ2v) is 3.38. The lowest BCUT2D eigenvalue weighted by Gasteiger charge is -2.08. The number of benzene rings is 2. The first-order valence-corrected chi connectivity index (χ1v) is 4.73. The zero-order valence-electron chi connectivity index (χ0n) is 8.48. The maximum Gasteiger partial charge on any atom is 0.149 e. The van der Waals surface area contributed by atoms with Crippen LogP contribution in [0, 0.1) is 23.3 Å². The molecule has 0 spiro atoms. The molecule has 0 bridgehead atoms. The van der Waals surface area contributed by atoms with Gasteiger partial charge in [-0.25, -0.2) is 17.6 Å². The molecule has 0 fully saturated rings. The molecule has 2 aromatic rings. The van der Waals surface area contributed by atoms with Crippen LogP contribution in [0.25, 0.3) is 0 Å². The van der Waals surface area contributed by atoms with E-state index in [2.05, 4.69) is 5.32 Å². The molecule has 0 saturated carbocycles. The second kappa shape index (κ2) is 4.45. The number of hydrogen-bond donors (Lipinski definition) is 1. The number of nitrogens with one attached hydrogen (secondary N) is 1. The molecule has 0 aliphatic carbocycles. The Balaban J connectivity index is 2.38. The van der Waals surface area contributed by atoms with E-state index in [1.54, 1.807) is 0 Å². The normalized spacial score (nSPS) is 10.4. The number of halogens is 4. The van der Waals surface area contributed by atoms with Gasteiger partial charge in [0.25, 0.3) is 0 Å². The Hall–Kier alpha value is -2.04. The molecule has 5 heteroatoms. The quantitative estimate of drug-likeness (QED) is 0.784. The van der Waals surface area contributed by atoms with Crippen LogP contribution in [0.15, 0.2) is 36.4 Å². The maximum absolute atomic E-state index is 13.2. The number of hydrogen-bond acceptors (Lipinski definition) is 1. The van der Waals surface area contributed by atoms with E-state index in [0.717, 1.165) is 24.3 Å². The van der Waals surface area contributed by atoms with Crippen molar-refractivity contribution in [1.29, 1.82) is 0 Å². The number of para-hydroxylation sites is 1. The smallest absolute Gasteiger partial charge is 0.149 e. The lowest BCUT2D eigenvalue weighted by atomic mass is 10.2. The number of rotatable bonds is 2. The van der Waals surface area contributed by atoms with Crippen molar-refractivity contribution in [1.82, 2.24) is 0 Å². The molecule has 0 aromatic heterocycles. The summed E-state index contributed by atoms with van der Waals surface area (Å²) >= 11 is 0. The van der Waals surface area contributed by atoms with Gasteiger partial charge in [0.1, 0.15) is 29.0 Å². The minimum atomic E-state index is -0.838. The van der Waals surface area contributed by atoms with Crippen molar-refractivity contribution < 1.29 is 17.6 Å². The van der Waals surface area contributed by atoms with Crippen LogP contribution in [-0.4, -0.2) is 0 Å².